The number of amides is 2. The molecule has 3 aromatic rings. The number of phenolic OH excluding ortho intramolecular Hbond substituents is 2. The fourth-order valence-electron chi connectivity index (χ4n) is 7.08. The molecule has 292 valence electrons. The van der Waals surface area contributed by atoms with Crippen molar-refractivity contribution in [3.05, 3.63) is 50.4 Å². The van der Waals surface area contributed by atoms with Crippen LogP contribution in [0.5, 0.6) is 11.5 Å². The first-order valence-corrected chi connectivity index (χ1v) is 18.8. The Hall–Kier alpha value is -5.74. The Morgan fingerprint density at radius 1 is 1.11 bits per heavy atom. The number of carbonyl (C=O) groups excluding carboxylic acids is 2. The number of thioether (sulfide) groups is 1. The van der Waals surface area contributed by atoms with Gasteiger partial charge in [-0.05, 0) is 19.9 Å². The number of carbonyl (C=O) groups is 5. The summed E-state index contributed by atoms with van der Waals surface area (Å²) < 4.78 is 1.84. The van der Waals surface area contributed by atoms with Gasteiger partial charge in [-0.3, -0.25) is 28.8 Å². The van der Waals surface area contributed by atoms with Crippen LogP contribution in [0.2, 0.25) is 0 Å². The van der Waals surface area contributed by atoms with Crippen LogP contribution in [0.25, 0.3) is 10.9 Å². The third kappa shape index (κ3) is 7.51. The van der Waals surface area contributed by atoms with E-state index in [1.165, 1.54) is 29.3 Å². The summed E-state index contributed by atoms with van der Waals surface area (Å²) in [4.78, 5) is 86.5. The molecule has 2 saturated heterocycles. The number of β-lactam (4-membered cyclic amide) rings is 1. The average Bonchev–Trinajstić information content (AvgIpc) is 3.78. The van der Waals surface area contributed by atoms with E-state index < -0.39 is 81.6 Å². The smallest absolute Gasteiger partial charge is 0.352 e. The number of aromatic nitrogens is 3. The summed E-state index contributed by atoms with van der Waals surface area (Å²) in [5.41, 5.74) is 5.34. The number of carboxylic acids is 3. The summed E-state index contributed by atoms with van der Waals surface area (Å²) in [5.74, 6) is -7.13. The number of nitrogen functional groups attached to an aromatic ring is 1. The molecular weight excluding hydrogens is 765 g/mol. The molecule has 3 aliphatic heterocycles. The molecule has 0 bridgehead atoms. The maximum Gasteiger partial charge on any atom is 0.352 e. The van der Waals surface area contributed by atoms with Crippen molar-refractivity contribution in [2.75, 3.05) is 25.4 Å². The summed E-state index contributed by atoms with van der Waals surface area (Å²) in [6, 6.07) is 1.24. The number of quaternary nitrogens is 1. The Morgan fingerprint density at radius 3 is 2.40 bits per heavy atom. The lowest BCUT2D eigenvalue weighted by Crippen LogP contribution is -2.71. The number of fused-ring (bicyclic) bond motifs is 2. The van der Waals surface area contributed by atoms with Gasteiger partial charge < -0.3 is 45.9 Å². The summed E-state index contributed by atoms with van der Waals surface area (Å²) in [5, 5.41) is 60.1. The van der Waals surface area contributed by atoms with Gasteiger partial charge in [0.1, 0.15) is 35.9 Å². The van der Waals surface area contributed by atoms with Gasteiger partial charge in [0.15, 0.2) is 28.0 Å². The second-order valence-corrected chi connectivity index (χ2v) is 15.7. The second kappa shape index (κ2) is 15.2. The van der Waals surface area contributed by atoms with Crippen LogP contribution in [0.3, 0.4) is 0 Å². The molecule has 0 spiro atoms. The van der Waals surface area contributed by atoms with Crippen molar-refractivity contribution in [3.63, 3.8) is 0 Å². The molecule has 0 aliphatic carbocycles. The fraction of sp³-hybridized carbons (Fsp3) is 0.424. The molecule has 5 heterocycles. The minimum Gasteiger partial charge on any atom is -0.504 e. The SMILES string of the molecule is CCn1nc(C[N+]2(CC3=C(C(=O)O)N4C(=O)[C@@H](NC(=O)/C(=N\O[C@@H](CC(=O)O)C(=O)O)c5csc(N)n5)[C@H]4S[C@H]3C)CCCC2)c(=O)c2cc(O)c(O)cc21. The van der Waals surface area contributed by atoms with Crippen LogP contribution in [-0.4, -0.2) is 128 Å². The lowest BCUT2D eigenvalue weighted by atomic mass is 9.99. The maximum atomic E-state index is 13.7. The van der Waals surface area contributed by atoms with Crippen LogP contribution >= 0.6 is 23.1 Å². The standard InChI is InChI=1S/C33H36N8O12S2/c1-3-39-19-9-21(43)20(42)8-15(19)27(46)17(37-39)12-41(6-4-5-7-41)11-16-14(2)55-30-25(29(48)40(30)26(16)32(51)52)36-28(47)24(18-13-54-33(34)35-18)38-53-22(31(49)50)10-23(44)45/h8-9,13-14,22,25,30H,3-7,10-12H2,1-2H3,(H7-,34,35,36,37,38,42,43,44,45,46,47,49,50,51,52)/p+1/t14-,22-,25+,30+/m0/s1. The third-order valence-corrected chi connectivity index (χ3v) is 11.9. The van der Waals surface area contributed by atoms with Gasteiger partial charge in [0.05, 0.1) is 30.4 Å². The van der Waals surface area contributed by atoms with Gasteiger partial charge >= 0.3 is 17.9 Å². The normalized spacial score (nSPS) is 21.2. The molecule has 3 aliphatic rings. The van der Waals surface area contributed by atoms with Crippen LogP contribution in [-0.2, 0) is 41.9 Å². The number of thiazole rings is 1. The van der Waals surface area contributed by atoms with Crippen LogP contribution in [0.15, 0.2) is 38.7 Å². The van der Waals surface area contributed by atoms with Gasteiger partial charge in [0.25, 0.3) is 11.8 Å². The van der Waals surface area contributed by atoms with Crippen LogP contribution in [0, 0.1) is 0 Å². The Balaban J connectivity index is 1.28. The first-order valence-electron chi connectivity index (χ1n) is 17.0. The highest BCUT2D eigenvalue weighted by Gasteiger charge is 2.57. The first-order chi connectivity index (χ1) is 26.0. The molecule has 2 amide bonds. The Kier molecular flexibility index (Phi) is 10.8. The molecule has 2 fully saturated rings. The van der Waals surface area contributed by atoms with E-state index in [9.17, 15) is 49.2 Å². The number of likely N-dealkylation sites (tertiary alicyclic amines) is 1. The molecule has 6 rings (SSSR count). The summed E-state index contributed by atoms with van der Waals surface area (Å²) in [7, 11) is 0. The van der Waals surface area contributed by atoms with Crippen molar-refractivity contribution < 1.29 is 58.8 Å². The summed E-state index contributed by atoms with van der Waals surface area (Å²) >= 11 is 2.17. The number of nitrogens with two attached hydrogens (primary N) is 1. The number of benzene rings is 1. The number of hydrogen-bond donors (Lipinski definition) is 7. The molecule has 0 unspecified atom stereocenters. The number of hydrogen-bond acceptors (Lipinski definition) is 15. The van der Waals surface area contributed by atoms with E-state index in [0.717, 1.165) is 29.1 Å². The van der Waals surface area contributed by atoms with E-state index in [2.05, 4.69) is 20.6 Å². The maximum absolute atomic E-state index is 13.7. The largest absolute Gasteiger partial charge is 0.504 e. The topological polar surface area (TPSA) is 297 Å². The zero-order chi connectivity index (χ0) is 39.9. The highest BCUT2D eigenvalue weighted by atomic mass is 32.2. The van der Waals surface area contributed by atoms with Crippen LogP contribution in [0.1, 0.15) is 44.5 Å². The minimum absolute atomic E-state index is 0.0209. The second-order valence-electron chi connectivity index (χ2n) is 13.3. The van der Waals surface area contributed by atoms with Crippen molar-refractivity contribution in [1.82, 2.24) is 25.0 Å². The van der Waals surface area contributed by atoms with Crippen LogP contribution in [0.4, 0.5) is 5.13 Å². The quantitative estimate of drug-likeness (QED) is 0.0383. The molecule has 4 atom stereocenters. The molecule has 2 aromatic heterocycles. The Bertz CT molecular complexity index is 2230. The molecule has 55 heavy (non-hydrogen) atoms. The van der Waals surface area contributed by atoms with E-state index in [4.69, 9.17) is 15.7 Å². The number of nitrogens with one attached hydrogen (secondary N) is 1. The Morgan fingerprint density at radius 2 is 1.80 bits per heavy atom. The number of nitrogens with zero attached hydrogens (tertiary/aromatic N) is 6. The minimum atomic E-state index is -1.96. The van der Waals surface area contributed by atoms with E-state index in [-0.39, 0.29) is 45.2 Å². The number of carboxylic acid groups (broad SMARTS) is 3. The molecule has 0 saturated carbocycles. The molecule has 20 nitrogen and oxygen atoms in total. The monoisotopic (exact) mass is 801 g/mol. The van der Waals surface area contributed by atoms with Gasteiger partial charge in [0.2, 0.25) is 11.5 Å². The number of rotatable bonds is 14. The number of aliphatic carboxylic acids is 3. The van der Waals surface area contributed by atoms with Crippen molar-refractivity contribution in [3.8, 4) is 11.5 Å². The highest BCUT2D eigenvalue weighted by molar-refractivity contribution is 8.00. The average molecular weight is 802 g/mol. The van der Waals surface area contributed by atoms with Gasteiger partial charge in [-0.1, -0.05) is 5.16 Å². The zero-order valence-corrected chi connectivity index (χ0v) is 31.0. The number of aryl methyl sites for hydroxylation is 1. The molecule has 8 N–H and O–H groups in total. The number of aromatic hydroxyl groups is 2. The predicted octanol–water partition coefficient (Wildman–Crippen LogP) is 0.453. The van der Waals surface area contributed by atoms with E-state index >= 15 is 0 Å². The lowest BCUT2D eigenvalue weighted by molar-refractivity contribution is -0.925. The molecule has 22 heteroatoms. The molecule has 0 radical (unpaired) electrons. The van der Waals surface area contributed by atoms with E-state index in [0.29, 0.717) is 30.7 Å². The number of phenols is 2. The third-order valence-electron chi connectivity index (χ3n) is 9.72. The number of oxime groups is 1. The van der Waals surface area contributed by atoms with Gasteiger partial charge in [-0.15, -0.1) is 23.1 Å². The van der Waals surface area contributed by atoms with E-state index in [1.54, 1.807) is 11.6 Å². The van der Waals surface area contributed by atoms with Crippen molar-refractivity contribution >= 4 is 74.6 Å². The predicted molar refractivity (Wildman–Crippen MR) is 195 cm³/mol. The lowest BCUT2D eigenvalue weighted by Gasteiger charge is -2.51. The van der Waals surface area contributed by atoms with Gasteiger partial charge in [0, 0.05) is 41.7 Å². The highest BCUT2D eigenvalue weighted by Crippen LogP contribution is 2.45. The fourth-order valence-corrected chi connectivity index (χ4v) is 9.06. The van der Waals surface area contributed by atoms with Crippen molar-refractivity contribution in [2.45, 2.75) is 69.0 Å². The van der Waals surface area contributed by atoms with Crippen molar-refractivity contribution in [1.29, 1.82) is 0 Å². The first kappa shape index (κ1) is 39.0. The summed E-state index contributed by atoms with van der Waals surface area (Å²) in [6.45, 7) is 5.47. The molecule has 1 aromatic carbocycles. The Labute approximate surface area is 319 Å². The van der Waals surface area contributed by atoms with E-state index in [1.807, 2.05) is 6.92 Å². The van der Waals surface area contributed by atoms with Crippen molar-refractivity contribution in [2.24, 2.45) is 5.16 Å². The number of anilines is 1. The zero-order valence-electron chi connectivity index (χ0n) is 29.4. The van der Waals surface area contributed by atoms with Gasteiger partial charge in [-0.2, -0.15) is 5.10 Å². The molecular formula is C33H37N8O12S2+. The summed E-state index contributed by atoms with van der Waals surface area (Å²) in [6.07, 6.45) is -1.34. The van der Waals surface area contributed by atoms with Gasteiger partial charge in [-0.25, -0.2) is 14.6 Å². The van der Waals surface area contributed by atoms with Crippen LogP contribution < -0.4 is 16.5 Å².